The summed E-state index contributed by atoms with van der Waals surface area (Å²) in [5, 5.41) is 55.9. The van der Waals surface area contributed by atoms with Crippen LogP contribution < -0.4 is 11.5 Å². The first kappa shape index (κ1) is 27.0. The Morgan fingerprint density at radius 3 is 2.39 bits per heavy atom. The van der Waals surface area contributed by atoms with Crippen molar-refractivity contribution >= 4 is 23.3 Å². The molecule has 0 spiro atoms. The normalized spacial score (nSPS) is 32.3. The Morgan fingerprint density at radius 2 is 1.76 bits per heavy atom. The van der Waals surface area contributed by atoms with Gasteiger partial charge in [0.25, 0.3) is 5.91 Å². The number of fused-ring (bicyclic) bond motifs is 3. The minimum atomic E-state index is -2.66. The smallest absolute Gasteiger partial charge is 0.255 e. The Balaban J connectivity index is 1.55. The summed E-state index contributed by atoms with van der Waals surface area (Å²) in [6.07, 6.45) is 4.40. The van der Waals surface area contributed by atoms with Crippen molar-refractivity contribution in [3.05, 3.63) is 50.4 Å². The van der Waals surface area contributed by atoms with E-state index in [2.05, 4.69) is 4.90 Å². The van der Waals surface area contributed by atoms with E-state index in [0.717, 1.165) is 31.5 Å². The minimum absolute atomic E-state index is 0.00282. The topological polar surface area (TPSA) is 191 Å². The van der Waals surface area contributed by atoms with Crippen LogP contribution in [0, 0.1) is 11.8 Å². The summed E-state index contributed by atoms with van der Waals surface area (Å²) in [6, 6.07) is 0.166. The molecule has 38 heavy (non-hydrogen) atoms. The summed E-state index contributed by atoms with van der Waals surface area (Å²) in [5.74, 6) is -6.13. The number of aliphatic hydroxyl groups is 4. The number of hydrogen-bond donors (Lipinski definition) is 7. The fraction of sp³-hybridized carbons (Fsp3) is 0.556. The molecular formula is C27H34ClN3O7. The monoisotopic (exact) mass is 547 g/mol. The number of phenols is 1. The second-order valence-corrected chi connectivity index (χ2v) is 11.4. The van der Waals surface area contributed by atoms with Gasteiger partial charge in [-0.25, -0.2) is 0 Å². The van der Waals surface area contributed by atoms with Crippen LogP contribution in [0.15, 0.2) is 28.7 Å². The van der Waals surface area contributed by atoms with E-state index < -0.39 is 58.4 Å². The van der Waals surface area contributed by atoms with Gasteiger partial charge < -0.3 is 37.0 Å². The molecule has 1 fully saturated rings. The van der Waals surface area contributed by atoms with Crippen LogP contribution in [0.3, 0.4) is 0 Å². The molecule has 1 amide bonds. The average molecular weight is 548 g/mol. The number of Topliss-reactive ketones (excluding diaryl/α,β-unsaturated/α-hetero) is 1. The molecule has 1 unspecified atom stereocenters. The van der Waals surface area contributed by atoms with Gasteiger partial charge in [-0.3, -0.25) is 14.5 Å². The third-order valence-electron chi connectivity index (χ3n) is 8.79. The minimum Gasteiger partial charge on any atom is -0.510 e. The van der Waals surface area contributed by atoms with Crippen LogP contribution in [-0.2, 0) is 22.6 Å². The number of rotatable bonds is 3. The highest BCUT2D eigenvalue weighted by Crippen LogP contribution is 2.55. The zero-order valence-corrected chi connectivity index (χ0v) is 21.7. The third kappa shape index (κ3) is 4.01. The number of amides is 1. The summed E-state index contributed by atoms with van der Waals surface area (Å²) in [6.45, 7) is 2.40. The van der Waals surface area contributed by atoms with E-state index in [4.69, 9.17) is 23.1 Å². The van der Waals surface area contributed by atoms with Gasteiger partial charge in [-0.05, 0) is 61.9 Å². The van der Waals surface area contributed by atoms with Gasteiger partial charge in [-0.2, -0.15) is 0 Å². The molecule has 5 atom stereocenters. The highest BCUT2D eigenvalue weighted by molar-refractivity contribution is 6.32. The van der Waals surface area contributed by atoms with Crippen LogP contribution in [0.2, 0.25) is 5.02 Å². The van der Waals surface area contributed by atoms with Gasteiger partial charge in [-0.15, -0.1) is 0 Å². The number of ketones is 1. The van der Waals surface area contributed by atoms with Crippen molar-refractivity contribution in [1.82, 2.24) is 4.90 Å². The molecule has 1 heterocycles. The second-order valence-electron chi connectivity index (χ2n) is 11.0. The van der Waals surface area contributed by atoms with Crippen molar-refractivity contribution in [3.63, 3.8) is 0 Å². The van der Waals surface area contributed by atoms with E-state index in [1.807, 2.05) is 0 Å². The molecule has 1 aromatic carbocycles. The number of benzene rings is 1. The molecule has 4 aliphatic rings. The molecule has 10 nitrogen and oxygen atoms in total. The number of aromatic hydroxyl groups is 1. The maximum atomic E-state index is 13.1. The van der Waals surface area contributed by atoms with Gasteiger partial charge in [0.1, 0.15) is 28.9 Å². The quantitative estimate of drug-likeness (QED) is 0.276. The lowest BCUT2D eigenvalue weighted by molar-refractivity contribution is -0.146. The number of likely N-dealkylation sites (tertiary alicyclic amines) is 1. The number of aliphatic hydroxyl groups excluding tert-OH is 3. The van der Waals surface area contributed by atoms with E-state index in [9.17, 15) is 35.1 Å². The lowest BCUT2D eigenvalue weighted by Gasteiger charge is -2.49. The molecule has 1 saturated heterocycles. The Kier molecular flexibility index (Phi) is 6.98. The zero-order valence-electron chi connectivity index (χ0n) is 21.0. The molecule has 3 aliphatic carbocycles. The summed E-state index contributed by atoms with van der Waals surface area (Å²) in [4.78, 5) is 27.3. The van der Waals surface area contributed by atoms with Crippen LogP contribution in [0.5, 0.6) is 5.75 Å². The van der Waals surface area contributed by atoms with E-state index in [1.54, 1.807) is 0 Å². The van der Waals surface area contributed by atoms with Gasteiger partial charge >= 0.3 is 0 Å². The summed E-state index contributed by atoms with van der Waals surface area (Å²) in [5.41, 5.74) is 9.15. The lowest BCUT2D eigenvalue weighted by atomic mass is 9.58. The number of hydrogen-bond acceptors (Lipinski definition) is 9. The Labute approximate surface area is 225 Å². The zero-order chi connectivity index (χ0) is 27.5. The van der Waals surface area contributed by atoms with Gasteiger partial charge in [0.05, 0.1) is 6.04 Å². The van der Waals surface area contributed by atoms with Gasteiger partial charge in [0, 0.05) is 28.6 Å². The first-order chi connectivity index (χ1) is 18.0. The van der Waals surface area contributed by atoms with Crippen molar-refractivity contribution < 1.29 is 35.1 Å². The number of carbonyl (C=O) groups excluding carboxylic acids is 2. The highest BCUT2D eigenvalue weighted by Gasteiger charge is 2.62. The van der Waals surface area contributed by atoms with Crippen LogP contribution >= 0.6 is 11.6 Å². The third-order valence-corrected chi connectivity index (χ3v) is 9.27. The molecular weight excluding hydrogens is 514 g/mol. The molecule has 11 heteroatoms. The first-order valence-electron chi connectivity index (χ1n) is 13.1. The molecule has 0 bridgehead atoms. The van der Waals surface area contributed by atoms with Crippen molar-refractivity contribution in [1.29, 1.82) is 0 Å². The molecule has 1 aliphatic heterocycles. The number of primary amides is 1. The van der Waals surface area contributed by atoms with Crippen molar-refractivity contribution in [3.8, 4) is 5.75 Å². The maximum Gasteiger partial charge on any atom is 0.255 e. The number of halogens is 1. The highest BCUT2D eigenvalue weighted by atomic mass is 35.5. The van der Waals surface area contributed by atoms with E-state index in [-0.39, 0.29) is 29.7 Å². The maximum absolute atomic E-state index is 13.1. The molecule has 0 aromatic heterocycles. The van der Waals surface area contributed by atoms with Crippen LogP contribution in [-0.4, -0.2) is 66.9 Å². The summed E-state index contributed by atoms with van der Waals surface area (Å²) >= 11 is 6.86. The van der Waals surface area contributed by atoms with Gasteiger partial charge in [-0.1, -0.05) is 30.9 Å². The van der Waals surface area contributed by atoms with Crippen molar-refractivity contribution in [2.45, 2.75) is 69.2 Å². The summed E-state index contributed by atoms with van der Waals surface area (Å²) in [7, 11) is 0. The molecule has 5 rings (SSSR count). The second kappa shape index (κ2) is 9.84. The first-order valence-corrected chi connectivity index (χ1v) is 13.5. The van der Waals surface area contributed by atoms with Crippen molar-refractivity contribution in [2.24, 2.45) is 23.3 Å². The Hall–Kier alpha value is -2.63. The van der Waals surface area contributed by atoms with E-state index in [0.29, 0.717) is 17.1 Å². The number of carbonyl (C=O) groups is 2. The molecule has 206 valence electrons. The predicted octanol–water partition coefficient (Wildman–Crippen LogP) is 1.79. The van der Waals surface area contributed by atoms with Crippen LogP contribution in [0.25, 0.3) is 0 Å². The van der Waals surface area contributed by atoms with E-state index in [1.165, 1.54) is 25.3 Å². The largest absolute Gasteiger partial charge is 0.510 e. The number of phenolic OH excluding ortho intramolecular Hbond substituents is 1. The Bertz CT molecular complexity index is 1250. The number of nitrogens with zero attached hydrogens (tertiary/aromatic N) is 1. The van der Waals surface area contributed by atoms with E-state index >= 15 is 0 Å². The Morgan fingerprint density at radius 1 is 1.13 bits per heavy atom. The van der Waals surface area contributed by atoms with Gasteiger partial charge in [0.15, 0.2) is 5.60 Å². The molecule has 0 saturated carbocycles. The number of nitrogens with two attached hydrogens (primary N) is 2. The van der Waals surface area contributed by atoms with Crippen LogP contribution in [0.1, 0.15) is 61.3 Å². The molecule has 0 radical (unpaired) electrons. The SMILES string of the molecule is NC(=O)C1=C(O)[C@@H](N)[C@@H]2C[C@@H]3Cc4c(Cl)c(CN5CCCCCCC5)cc(O)c4C(O)C3=C(O)[C@]2(O)C1=O. The fourth-order valence-corrected chi connectivity index (χ4v) is 7.12. The standard InChI is InChI=1S/C27H34ClN3O7/c28-20-13(11-31-6-4-2-1-3-5-7-31)10-16(32)18-14(20)8-12-9-15-21(29)23(34)19(26(30)37)25(36)27(15,38)24(35)17(12)22(18)33/h10,12,15,21-22,32-35,38H,1-9,11,29H2,(H2,30,37)/t12-,15-,21-,22?,27-/m0/s1. The fourth-order valence-electron chi connectivity index (χ4n) is 6.83. The molecule has 1 aromatic rings. The van der Waals surface area contributed by atoms with Crippen LogP contribution in [0.4, 0.5) is 0 Å². The predicted molar refractivity (Wildman–Crippen MR) is 138 cm³/mol. The molecule has 9 N–H and O–H groups in total. The summed E-state index contributed by atoms with van der Waals surface area (Å²) < 4.78 is 0. The van der Waals surface area contributed by atoms with Gasteiger partial charge in [0.2, 0.25) is 5.78 Å². The average Bonchev–Trinajstić information content (AvgIpc) is 2.84. The van der Waals surface area contributed by atoms with Crippen molar-refractivity contribution in [2.75, 3.05) is 13.1 Å². The lowest BCUT2D eigenvalue weighted by Crippen LogP contribution is -2.63.